The SMILES string of the molecule is CCc1cc(C(=O)c2ccccc2Cl)c(-n2c(C)nnc2CNS(=O)(=O)c2ccc3ccccc3c2)s1. The zero-order valence-electron chi connectivity index (χ0n) is 20.1. The Morgan fingerprint density at radius 3 is 2.46 bits per heavy atom. The molecule has 0 radical (unpaired) electrons. The van der Waals surface area contributed by atoms with Crippen molar-refractivity contribution in [2.24, 2.45) is 0 Å². The molecule has 188 valence electrons. The molecule has 0 bridgehead atoms. The number of aromatic nitrogens is 3. The second-order valence-corrected chi connectivity index (χ2v) is 11.7. The van der Waals surface area contributed by atoms with E-state index in [1.165, 1.54) is 11.3 Å². The third kappa shape index (κ3) is 4.95. The fraction of sp³-hybridized carbons (Fsp3) is 0.148. The number of rotatable bonds is 8. The lowest BCUT2D eigenvalue weighted by molar-refractivity contribution is 0.103. The highest BCUT2D eigenvalue weighted by Gasteiger charge is 2.24. The van der Waals surface area contributed by atoms with E-state index in [1.54, 1.807) is 54.0 Å². The topological polar surface area (TPSA) is 93.9 Å². The molecule has 0 amide bonds. The summed E-state index contributed by atoms with van der Waals surface area (Å²) in [7, 11) is -3.83. The van der Waals surface area contributed by atoms with E-state index in [-0.39, 0.29) is 17.2 Å². The molecule has 10 heteroatoms. The van der Waals surface area contributed by atoms with Crippen LogP contribution in [0.2, 0.25) is 5.02 Å². The normalized spacial score (nSPS) is 11.8. The number of hydrogen-bond donors (Lipinski definition) is 1. The molecule has 0 aliphatic rings. The van der Waals surface area contributed by atoms with E-state index in [4.69, 9.17) is 11.6 Å². The molecule has 1 N–H and O–H groups in total. The van der Waals surface area contributed by atoms with E-state index in [0.717, 1.165) is 22.1 Å². The Hall–Kier alpha value is -3.37. The maximum Gasteiger partial charge on any atom is 0.240 e. The highest BCUT2D eigenvalue weighted by atomic mass is 35.5. The molecule has 0 spiro atoms. The van der Waals surface area contributed by atoms with Gasteiger partial charge in [-0.05, 0) is 54.4 Å². The number of nitrogens with one attached hydrogen (secondary N) is 1. The molecule has 2 heterocycles. The van der Waals surface area contributed by atoms with Crippen LogP contribution in [0.15, 0.2) is 77.7 Å². The predicted octanol–water partition coefficient (Wildman–Crippen LogP) is 5.72. The molecule has 0 saturated heterocycles. The minimum Gasteiger partial charge on any atom is -0.288 e. The van der Waals surface area contributed by atoms with Crippen LogP contribution in [0.1, 0.15) is 39.4 Å². The second-order valence-electron chi connectivity index (χ2n) is 8.43. The number of hydrogen-bond acceptors (Lipinski definition) is 6. The predicted molar refractivity (Wildman–Crippen MR) is 146 cm³/mol. The lowest BCUT2D eigenvalue weighted by Crippen LogP contribution is -2.25. The number of thiophene rings is 1. The van der Waals surface area contributed by atoms with Crippen LogP contribution in [0.25, 0.3) is 15.8 Å². The van der Waals surface area contributed by atoms with E-state index in [0.29, 0.717) is 32.8 Å². The van der Waals surface area contributed by atoms with Crippen molar-refractivity contribution in [2.75, 3.05) is 0 Å². The van der Waals surface area contributed by atoms with Crippen LogP contribution in [0.4, 0.5) is 0 Å². The fourth-order valence-electron chi connectivity index (χ4n) is 4.09. The molecule has 5 aromatic rings. The van der Waals surface area contributed by atoms with Crippen LogP contribution in [0.3, 0.4) is 0 Å². The van der Waals surface area contributed by atoms with Crippen molar-refractivity contribution >= 4 is 49.5 Å². The van der Waals surface area contributed by atoms with Gasteiger partial charge in [-0.25, -0.2) is 13.1 Å². The lowest BCUT2D eigenvalue weighted by Gasteiger charge is -2.11. The molecule has 0 unspecified atom stereocenters. The highest BCUT2D eigenvalue weighted by Crippen LogP contribution is 2.32. The molecular formula is C27H23ClN4O3S2. The fourth-order valence-corrected chi connectivity index (χ4v) is 6.48. The Labute approximate surface area is 223 Å². The van der Waals surface area contributed by atoms with E-state index >= 15 is 0 Å². The molecule has 0 aliphatic carbocycles. The third-order valence-corrected chi connectivity index (χ3v) is 9.01. The first-order valence-corrected chi connectivity index (χ1v) is 14.3. The third-order valence-electron chi connectivity index (χ3n) is 6.02. The summed E-state index contributed by atoms with van der Waals surface area (Å²) in [5.41, 5.74) is 0.867. The largest absolute Gasteiger partial charge is 0.288 e. The Kier molecular flexibility index (Phi) is 6.96. The first-order valence-electron chi connectivity index (χ1n) is 11.6. The van der Waals surface area contributed by atoms with Gasteiger partial charge >= 0.3 is 0 Å². The summed E-state index contributed by atoms with van der Waals surface area (Å²) >= 11 is 7.77. The zero-order valence-corrected chi connectivity index (χ0v) is 22.5. The average Bonchev–Trinajstić information content (AvgIpc) is 3.49. The number of fused-ring (bicyclic) bond motifs is 1. The molecule has 5 rings (SSSR count). The van der Waals surface area contributed by atoms with Gasteiger partial charge in [-0.1, -0.05) is 61.0 Å². The van der Waals surface area contributed by atoms with Gasteiger partial charge in [0.2, 0.25) is 10.0 Å². The van der Waals surface area contributed by atoms with E-state index in [1.807, 2.05) is 37.3 Å². The number of benzene rings is 3. The van der Waals surface area contributed by atoms with Crippen LogP contribution in [-0.4, -0.2) is 29.0 Å². The maximum atomic E-state index is 13.5. The van der Waals surface area contributed by atoms with E-state index in [9.17, 15) is 13.2 Å². The van der Waals surface area contributed by atoms with Gasteiger partial charge in [-0.3, -0.25) is 9.36 Å². The Morgan fingerprint density at radius 2 is 1.70 bits per heavy atom. The van der Waals surface area contributed by atoms with Gasteiger partial charge in [0.05, 0.1) is 22.0 Å². The van der Waals surface area contributed by atoms with Crippen molar-refractivity contribution in [2.45, 2.75) is 31.7 Å². The zero-order chi connectivity index (χ0) is 26.2. The van der Waals surface area contributed by atoms with Gasteiger partial charge in [0.1, 0.15) is 10.8 Å². The molecule has 7 nitrogen and oxygen atoms in total. The van der Waals surface area contributed by atoms with Gasteiger partial charge in [0, 0.05) is 10.4 Å². The number of aryl methyl sites for hydroxylation is 2. The van der Waals surface area contributed by atoms with E-state index < -0.39 is 10.0 Å². The molecule has 37 heavy (non-hydrogen) atoms. The highest BCUT2D eigenvalue weighted by molar-refractivity contribution is 7.89. The number of nitrogens with zero attached hydrogens (tertiary/aromatic N) is 3. The van der Waals surface area contributed by atoms with Crippen LogP contribution in [0, 0.1) is 6.92 Å². The number of carbonyl (C=O) groups is 1. The first-order chi connectivity index (χ1) is 17.8. The molecule has 2 aromatic heterocycles. The molecule has 0 saturated carbocycles. The number of carbonyl (C=O) groups excluding carboxylic acids is 1. The number of ketones is 1. The van der Waals surface area contributed by atoms with Crippen molar-refractivity contribution in [3.05, 3.63) is 105 Å². The summed E-state index contributed by atoms with van der Waals surface area (Å²) in [5, 5.41) is 11.2. The van der Waals surface area contributed by atoms with Crippen LogP contribution < -0.4 is 4.72 Å². The van der Waals surface area contributed by atoms with Crippen molar-refractivity contribution in [1.29, 1.82) is 0 Å². The van der Waals surface area contributed by atoms with Crippen LogP contribution >= 0.6 is 22.9 Å². The Bertz CT molecular complexity index is 1740. The van der Waals surface area contributed by atoms with E-state index in [2.05, 4.69) is 14.9 Å². The van der Waals surface area contributed by atoms with Crippen molar-refractivity contribution in [3.8, 4) is 5.00 Å². The summed E-state index contributed by atoms with van der Waals surface area (Å²) in [6, 6.07) is 21.3. The lowest BCUT2D eigenvalue weighted by atomic mass is 10.0. The summed E-state index contributed by atoms with van der Waals surface area (Å²) in [5.74, 6) is 0.699. The van der Waals surface area contributed by atoms with Crippen LogP contribution in [0.5, 0.6) is 0 Å². The molecule has 0 atom stereocenters. The smallest absolute Gasteiger partial charge is 0.240 e. The molecule has 0 aliphatic heterocycles. The number of sulfonamides is 1. The van der Waals surface area contributed by atoms with Gasteiger partial charge < -0.3 is 0 Å². The minimum atomic E-state index is -3.83. The second kappa shape index (κ2) is 10.2. The molecule has 3 aromatic carbocycles. The van der Waals surface area contributed by atoms with Gasteiger partial charge in [-0.15, -0.1) is 21.5 Å². The Morgan fingerprint density at radius 1 is 0.973 bits per heavy atom. The summed E-state index contributed by atoms with van der Waals surface area (Å²) < 4.78 is 30.6. The van der Waals surface area contributed by atoms with Crippen molar-refractivity contribution in [3.63, 3.8) is 0 Å². The summed E-state index contributed by atoms with van der Waals surface area (Å²) in [4.78, 5) is 14.7. The summed E-state index contributed by atoms with van der Waals surface area (Å²) in [6.07, 6.45) is 0.735. The van der Waals surface area contributed by atoms with Gasteiger partial charge in [-0.2, -0.15) is 0 Å². The standard InChI is InChI=1S/C27H23ClN4O3S2/c1-3-20-15-23(26(33)22-10-6-7-11-24(22)28)27(36-20)32-17(2)30-31-25(32)16-29-37(34,35)21-13-12-18-8-4-5-9-19(18)14-21/h4-15,29H,3,16H2,1-2H3. The van der Waals surface area contributed by atoms with Crippen LogP contribution in [-0.2, 0) is 23.0 Å². The monoisotopic (exact) mass is 550 g/mol. The average molecular weight is 551 g/mol. The Balaban J connectivity index is 1.49. The van der Waals surface area contributed by atoms with Gasteiger partial charge in [0.15, 0.2) is 11.6 Å². The first kappa shape index (κ1) is 25.3. The minimum absolute atomic E-state index is 0.102. The maximum absolute atomic E-state index is 13.5. The molecule has 0 fully saturated rings. The molecular weight excluding hydrogens is 528 g/mol. The van der Waals surface area contributed by atoms with Crippen molar-refractivity contribution in [1.82, 2.24) is 19.5 Å². The number of halogens is 1. The summed E-state index contributed by atoms with van der Waals surface area (Å²) in [6.45, 7) is 3.68. The quantitative estimate of drug-likeness (QED) is 0.249. The van der Waals surface area contributed by atoms with Gasteiger partial charge in [0.25, 0.3) is 0 Å². The van der Waals surface area contributed by atoms with Crippen molar-refractivity contribution < 1.29 is 13.2 Å².